The van der Waals surface area contributed by atoms with Crippen molar-refractivity contribution in [1.82, 2.24) is 24.0 Å². The average Bonchev–Trinajstić information content (AvgIpc) is 3.15. The molecule has 1 aliphatic heterocycles. The molecule has 146 valence electrons. The van der Waals surface area contributed by atoms with Crippen molar-refractivity contribution in [2.45, 2.75) is 35.7 Å². The Morgan fingerprint density at radius 2 is 1.85 bits per heavy atom. The van der Waals surface area contributed by atoms with Crippen LogP contribution >= 0.6 is 11.8 Å². The molecule has 1 fully saturated rings. The summed E-state index contributed by atoms with van der Waals surface area (Å²) in [6.45, 7) is 5.94. The van der Waals surface area contributed by atoms with Crippen LogP contribution in [0.1, 0.15) is 13.8 Å². The van der Waals surface area contributed by atoms with Crippen LogP contribution in [0.15, 0.2) is 46.7 Å². The van der Waals surface area contributed by atoms with Gasteiger partial charge in [0.1, 0.15) is 6.33 Å². The minimum absolute atomic E-state index is 0.0117. The molecule has 27 heavy (non-hydrogen) atoms. The van der Waals surface area contributed by atoms with Gasteiger partial charge in [-0.1, -0.05) is 30.0 Å². The lowest BCUT2D eigenvalue weighted by molar-refractivity contribution is -0.131. The first kappa shape index (κ1) is 19.8. The van der Waals surface area contributed by atoms with Gasteiger partial charge >= 0.3 is 0 Å². The van der Waals surface area contributed by atoms with Crippen molar-refractivity contribution in [3.05, 3.63) is 36.7 Å². The molecule has 0 unspecified atom stereocenters. The third-order valence-corrected chi connectivity index (χ3v) is 7.48. The highest BCUT2D eigenvalue weighted by Gasteiger charge is 2.32. The van der Waals surface area contributed by atoms with Crippen molar-refractivity contribution in [3.63, 3.8) is 0 Å². The molecule has 10 heteroatoms. The summed E-state index contributed by atoms with van der Waals surface area (Å²) >= 11 is 1.37. The van der Waals surface area contributed by atoms with E-state index in [0.29, 0.717) is 31.3 Å². The fourth-order valence-electron chi connectivity index (χ4n) is 2.91. The molecule has 0 saturated carbocycles. The molecule has 1 amide bonds. The first-order chi connectivity index (χ1) is 12.9. The highest BCUT2D eigenvalue weighted by Crippen LogP contribution is 2.24. The molecule has 1 aromatic heterocycles. The van der Waals surface area contributed by atoms with Gasteiger partial charge in [0.05, 0.1) is 10.1 Å². The second kappa shape index (κ2) is 8.41. The van der Waals surface area contributed by atoms with Crippen molar-refractivity contribution in [2.24, 2.45) is 0 Å². The number of carbonyl (C=O) groups is 1. The summed E-state index contributed by atoms with van der Waals surface area (Å²) in [6.07, 6.45) is 1.65. The van der Waals surface area contributed by atoms with Crippen LogP contribution in [-0.4, -0.2) is 69.7 Å². The van der Waals surface area contributed by atoms with E-state index in [9.17, 15) is 13.2 Å². The Bertz CT molecular complexity index is 877. The Labute approximate surface area is 163 Å². The molecule has 8 nitrogen and oxygen atoms in total. The van der Waals surface area contributed by atoms with E-state index in [4.69, 9.17) is 0 Å². The van der Waals surface area contributed by atoms with Gasteiger partial charge in [0.2, 0.25) is 15.9 Å². The molecule has 1 aromatic carbocycles. The second-order valence-corrected chi connectivity index (χ2v) is 9.45. The highest BCUT2D eigenvalue weighted by molar-refractivity contribution is 8.00. The van der Waals surface area contributed by atoms with Gasteiger partial charge in [-0.25, -0.2) is 8.42 Å². The maximum atomic E-state index is 12.7. The maximum absolute atomic E-state index is 12.7. The van der Waals surface area contributed by atoms with E-state index < -0.39 is 10.0 Å². The predicted octanol–water partition coefficient (Wildman–Crippen LogP) is 1.31. The standard InChI is InChI=1S/C17H23N5O3S2/c1-3-20-13-18-19-17(20)26-14(2)16(23)21-9-11-22(12-10-21)27(24,25)15-7-5-4-6-8-15/h4-8,13-14H,3,9-12H2,1-2H3/t14-/m0/s1. The van der Waals surface area contributed by atoms with Crippen molar-refractivity contribution >= 4 is 27.7 Å². The zero-order valence-corrected chi connectivity index (χ0v) is 17.0. The summed E-state index contributed by atoms with van der Waals surface area (Å²) in [5.41, 5.74) is 0. The van der Waals surface area contributed by atoms with Crippen molar-refractivity contribution in [3.8, 4) is 0 Å². The number of nitrogens with zero attached hydrogens (tertiary/aromatic N) is 5. The summed E-state index contributed by atoms with van der Waals surface area (Å²) in [4.78, 5) is 14.7. The Kier molecular flexibility index (Phi) is 6.18. The number of carbonyl (C=O) groups excluding carboxylic acids is 1. The van der Waals surface area contributed by atoms with Crippen molar-refractivity contribution < 1.29 is 13.2 Å². The Morgan fingerprint density at radius 3 is 2.48 bits per heavy atom. The lowest BCUT2D eigenvalue weighted by Crippen LogP contribution is -2.52. The third-order valence-electron chi connectivity index (χ3n) is 4.48. The molecule has 0 spiro atoms. The molecule has 1 atom stereocenters. The maximum Gasteiger partial charge on any atom is 0.243 e. The van der Waals surface area contributed by atoms with Gasteiger partial charge in [0.15, 0.2) is 5.16 Å². The first-order valence-electron chi connectivity index (χ1n) is 8.82. The fourth-order valence-corrected chi connectivity index (χ4v) is 5.32. The SMILES string of the molecule is CCn1cnnc1S[C@@H](C)C(=O)N1CCN(S(=O)(=O)c2ccccc2)CC1. The molecule has 2 heterocycles. The Hall–Kier alpha value is -1.91. The molecule has 0 N–H and O–H groups in total. The fraction of sp³-hybridized carbons (Fsp3) is 0.471. The number of rotatable bonds is 6. The van der Waals surface area contributed by atoms with Crippen LogP contribution in [0.2, 0.25) is 0 Å². The predicted molar refractivity (Wildman–Crippen MR) is 103 cm³/mol. The van der Waals surface area contributed by atoms with Gasteiger partial charge in [0.25, 0.3) is 0 Å². The number of piperazine rings is 1. The number of aromatic nitrogens is 3. The molecule has 0 radical (unpaired) electrons. The first-order valence-corrected chi connectivity index (χ1v) is 11.1. The highest BCUT2D eigenvalue weighted by atomic mass is 32.2. The lowest BCUT2D eigenvalue weighted by atomic mass is 10.3. The Balaban J connectivity index is 1.59. The molecular weight excluding hydrogens is 386 g/mol. The minimum atomic E-state index is -3.51. The minimum Gasteiger partial charge on any atom is -0.339 e. The zero-order valence-electron chi connectivity index (χ0n) is 15.4. The van der Waals surface area contributed by atoms with Crippen molar-refractivity contribution in [2.75, 3.05) is 26.2 Å². The van der Waals surface area contributed by atoms with Crippen LogP contribution in [0.3, 0.4) is 0 Å². The number of aryl methyl sites for hydroxylation is 1. The molecule has 1 aliphatic rings. The van der Waals surface area contributed by atoms with Crippen LogP contribution in [-0.2, 0) is 21.4 Å². The Morgan fingerprint density at radius 1 is 1.19 bits per heavy atom. The molecule has 0 aliphatic carbocycles. The van der Waals surface area contributed by atoms with Gasteiger partial charge in [-0.05, 0) is 26.0 Å². The van der Waals surface area contributed by atoms with Crippen LogP contribution in [0, 0.1) is 0 Å². The van der Waals surface area contributed by atoms with Gasteiger partial charge in [-0.2, -0.15) is 4.31 Å². The van der Waals surface area contributed by atoms with E-state index in [1.54, 1.807) is 41.6 Å². The molecule has 0 bridgehead atoms. The summed E-state index contributed by atoms with van der Waals surface area (Å²) < 4.78 is 28.7. The number of sulfonamides is 1. The molecular formula is C17H23N5O3S2. The monoisotopic (exact) mass is 409 g/mol. The molecule has 3 rings (SSSR count). The van der Waals surface area contributed by atoms with Crippen LogP contribution in [0.25, 0.3) is 0 Å². The normalized spacial score (nSPS) is 17.0. The summed E-state index contributed by atoms with van der Waals surface area (Å²) in [5, 5.41) is 8.33. The average molecular weight is 410 g/mol. The summed E-state index contributed by atoms with van der Waals surface area (Å²) in [6, 6.07) is 8.39. The number of hydrogen-bond acceptors (Lipinski definition) is 6. The van der Waals surface area contributed by atoms with E-state index in [0.717, 1.165) is 6.54 Å². The van der Waals surface area contributed by atoms with E-state index in [1.165, 1.54) is 16.1 Å². The quantitative estimate of drug-likeness (QED) is 0.669. The van der Waals surface area contributed by atoms with Gasteiger partial charge < -0.3 is 9.47 Å². The topological polar surface area (TPSA) is 88.4 Å². The van der Waals surface area contributed by atoms with Gasteiger partial charge in [-0.15, -0.1) is 10.2 Å². The molecule has 2 aromatic rings. The molecule has 1 saturated heterocycles. The largest absolute Gasteiger partial charge is 0.339 e. The summed E-state index contributed by atoms with van der Waals surface area (Å²) in [5.74, 6) is -0.0117. The zero-order chi connectivity index (χ0) is 19.4. The number of hydrogen-bond donors (Lipinski definition) is 0. The number of thioether (sulfide) groups is 1. The van der Waals surface area contributed by atoms with Gasteiger partial charge in [-0.3, -0.25) is 4.79 Å². The lowest BCUT2D eigenvalue weighted by Gasteiger charge is -2.35. The van der Waals surface area contributed by atoms with Gasteiger partial charge in [0, 0.05) is 32.7 Å². The third kappa shape index (κ3) is 4.33. The van der Waals surface area contributed by atoms with Crippen LogP contribution in [0.4, 0.5) is 0 Å². The van der Waals surface area contributed by atoms with Crippen LogP contribution < -0.4 is 0 Å². The second-order valence-electron chi connectivity index (χ2n) is 6.20. The smallest absolute Gasteiger partial charge is 0.243 e. The van der Waals surface area contributed by atoms with E-state index in [1.807, 2.05) is 18.4 Å². The van der Waals surface area contributed by atoms with E-state index >= 15 is 0 Å². The number of benzene rings is 1. The van der Waals surface area contributed by atoms with E-state index in [-0.39, 0.29) is 16.1 Å². The van der Waals surface area contributed by atoms with Crippen molar-refractivity contribution in [1.29, 1.82) is 0 Å². The summed E-state index contributed by atoms with van der Waals surface area (Å²) in [7, 11) is -3.51. The number of amides is 1. The van der Waals surface area contributed by atoms with Crippen LogP contribution in [0.5, 0.6) is 0 Å². The van der Waals surface area contributed by atoms with E-state index in [2.05, 4.69) is 10.2 Å².